The number of likely N-dealkylation sites (tertiary alicyclic amines) is 2. The number of likely N-dealkylation sites (N-methyl/N-ethyl adjacent to an activating group) is 1. The van der Waals surface area contributed by atoms with Gasteiger partial charge < -0.3 is 19.8 Å². The molecular weight excluding hydrogens is 438 g/mol. The fraction of sp³-hybridized carbons (Fsp3) is 0.625. The molecule has 1 unspecified atom stereocenters. The van der Waals surface area contributed by atoms with Crippen molar-refractivity contribution in [1.29, 1.82) is 0 Å². The van der Waals surface area contributed by atoms with E-state index in [0.717, 1.165) is 31.6 Å². The summed E-state index contributed by atoms with van der Waals surface area (Å²) in [5.41, 5.74) is 2.91. The largest absolute Gasteiger partial charge is 0.465 e. The number of nitrogens with zero attached hydrogens (tertiary/aromatic N) is 4. The van der Waals surface area contributed by atoms with Crippen LogP contribution in [0.4, 0.5) is 10.5 Å². The topological polar surface area (TPSA) is 117 Å². The highest BCUT2D eigenvalue weighted by Gasteiger charge is 2.46. The van der Waals surface area contributed by atoms with Gasteiger partial charge in [0.15, 0.2) is 0 Å². The molecule has 3 saturated heterocycles. The Hall–Kier alpha value is -2.85. The maximum Gasteiger partial charge on any atom is 0.407 e. The molecule has 1 aromatic carbocycles. The Morgan fingerprint density at radius 2 is 1.65 bits per heavy atom. The zero-order valence-corrected chi connectivity index (χ0v) is 19.7. The lowest BCUT2D eigenvalue weighted by Gasteiger charge is -2.47. The lowest BCUT2D eigenvalue weighted by Crippen LogP contribution is -2.62. The summed E-state index contributed by atoms with van der Waals surface area (Å²) in [6.45, 7) is 4.19. The average Bonchev–Trinajstić information content (AvgIpc) is 2.88. The van der Waals surface area contributed by atoms with Crippen molar-refractivity contribution in [3.05, 3.63) is 30.3 Å². The van der Waals surface area contributed by atoms with E-state index in [1.165, 1.54) is 4.90 Å². The number of carbonyl (C=O) groups excluding carboxylic acids is 2. The second-order valence-electron chi connectivity index (χ2n) is 9.74. The normalized spacial score (nSPS) is 28.5. The molecule has 3 amide bonds. The molecule has 186 valence electrons. The number of carboxylic acid groups (broad SMARTS) is 1. The summed E-state index contributed by atoms with van der Waals surface area (Å²) in [6, 6.07) is 9.45. The fourth-order valence-electron chi connectivity index (χ4n) is 5.94. The van der Waals surface area contributed by atoms with E-state index in [-0.39, 0.29) is 17.7 Å². The summed E-state index contributed by atoms with van der Waals surface area (Å²) in [7, 11) is 1.85. The van der Waals surface area contributed by atoms with E-state index < -0.39 is 24.0 Å². The Kier molecular flexibility index (Phi) is 7.57. The average molecular weight is 474 g/mol. The van der Waals surface area contributed by atoms with Gasteiger partial charge in [-0.2, -0.15) is 0 Å². The summed E-state index contributed by atoms with van der Waals surface area (Å²) in [5.74, 6) is -1.12. The van der Waals surface area contributed by atoms with Gasteiger partial charge in [-0.1, -0.05) is 18.2 Å². The SMILES string of the molecule is CN1CC([C@@H]2CCCN(C(=O)O)C2)C[C@H](C(=O)NO)[C@H]1C(=O)N1CCN(c2ccccc2)CC1. The molecule has 34 heavy (non-hydrogen) atoms. The van der Waals surface area contributed by atoms with Gasteiger partial charge in [0.1, 0.15) is 6.04 Å². The summed E-state index contributed by atoms with van der Waals surface area (Å²) >= 11 is 0. The number of hydroxylamine groups is 1. The van der Waals surface area contributed by atoms with Gasteiger partial charge in [0.05, 0.1) is 5.92 Å². The highest BCUT2D eigenvalue weighted by Crippen LogP contribution is 2.36. The van der Waals surface area contributed by atoms with Gasteiger partial charge in [0.25, 0.3) is 0 Å². The number of carbonyl (C=O) groups is 3. The summed E-state index contributed by atoms with van der Waals surface area (Å²) < 4.78 is 0. The highest BCUT2D eigenvalue weighted by molar-refractivity contribution is 5.90. The van der Waals surface area contributed by atoms with Crippen molar-refractivity contribution in [3.8, 4) is 0 Å². The number of rotatable bonds is 4. The molecule has 0 radical (unpaired) electrons. The second kappa shape index (κ2) is 10.6. The smallest absolute Gasteiger partial charge is 0.407 e. The van der Waals surface area contributed by atoms with E-state index in [0.29, 0.717) is 39.1 Å². The van der Waals surface area contributed by atoms with Crippen molar-refractivity contribution in [2.45, 2.75) is 25.3 Å². The Morgan fingerprint density at radius 3 is 2.29 bits per heavy atom. The lowest BCUT2D eigenvalue weighted by molar-refractivity contribution is -0.151. The Labute approximate surface area is 200 Å². The van der Waals surface area contributed by atoms with E-state index in [9.17, 15) is 24.7 Å². The van der Waals surface area contributed by atoms with Crippen molar-refractivity contribution < 1.29 is 24.7 Å². The third kappa shape index (κ3) is 5.12. The molecule has 3 fully saturated rings. The van der Waals surface area contributed by atoms with Gasteiger partial charge in [-0.25, -0.2) is 10.3 Å². The van der Waals surface area contributed by atoms with Crippen molar-refractivity contribution in [2.24, 2.45) is 17.8 Å². The van der Waals surface area contributed by atoms with Crippen LogP contribution < -0.4 is 10.4 Å². The summed E-state index contributed by atoms with van der Waals surface area (Å²) in [6.07, 6.45) is 1.23. The van der Waals surface area contributed by atoms with Crippen LogP contribution in [0, 0.1) is 17.8 Å². The van der Waals surface area contributed by atoms with Crippen LogP contribution in [0.5, 0.6) is 0 Å². The zero-order chi connectivity index (χ0) is 24.2. The quantitative estimate of drug-likeness (QED) is 0.444. The molecule has 3 heterocycles. The first kappa shape index (κ1) is 24.3. The molecule has 4 atom stereocenters. The lowest BCUT2D eigenvalue weighted by atomic mass is 9.74. The Morgan fingerprint density at radius 1 is 0.941 bits per heavy atom. The molecule has 0 bridgehead atoms. The molecule has 0 saturated carbocycles. The van der Waals surface area contributed by atoms with Crippen molar-refractivity contribution >= 4 is 23.6 Å². The van der Waals surface area contributed by atoms with Crippen LogP contribution in [0.2, 0.25) is 0 Å². The van der Waals surface area contributed by atoms with Crippen LogP contribution in [-0.2, 0) is 9.59 Å². The first-order valence-electron chi connectivity index (χ1n) is 12.1. The van der Waals surface area contributed by atoms with Gasteiger partial charge >= 0.3 is 6.09 Å². The van der Waals surface area contributed by atoms with Crippen LogP contribution in [-0.4, -0.2) is 102 Å². The van der Waals surface area contributed by atoms with Gasteiger partial charge in [-0.15, -0.1) is 0 Å². The standard InChI is InChI=1S/C24H35N5O5/c1-26-15-18(17-6-5-9-29(16-17)24(32)33)14-20(22(30)25-34)21(26)23(31)28-12-10-27(11-13-28)19-7-3-2-4-8-19/h2-4,7-8,17-18,20-21,34H,5-6,9-16H2,1H3,(H,25,30)(H,32,33)/t17-,18?,20+,21+/m1/s1. The molecule has 4 rings (SSSR count). The third-order valence-corrected chi connectivity index (χ3v) is 7.74. The van der Waals surface area contributed by atoms with Crippen LogP contribution in [0.25, 0.3) is 0 Å². The zero-order valence-electron chi connectivity index (χ0n) is 19.7. The minimum Gasteiger partial charge on any atom is -0.465 e. The molecule has 0 aromatic heterocycles. The van der Waals surface area contributed by atoms with Crippen LogP contribution in [0.1, 0.15) is 19.3 Å². The van der Waals surface area contributed by atoms with Gasteiger partial charge in [0.2, 0.25) is 11.8 Å². The molecule has 0 aliphatic carbocycles. The van der Waals surface area contributed by atoms with Crippen LogP contribution in [0.15, 0.2) is 30.3 Å². The molecule has 1 aromatic rings. The minimum absolute atomic E-state index is 0.0772. The number of piperidine rings is 2. The maximum absolute atomic E-state index is 13.6. The number of amides is 3. The predicted molar refractivity (Wildman–Crippen MR) is 126 cm³/mol. The highest BCUT2D eigenvalue weighted by atomic mass is 16.5. The van der Waals surface area contributed by atoms with Crippen LogP contribution >= 0.6 is 0 Å². The van der Waals surface area contributed by atoms with E-state index in [4.69, 9.17) is 0 Å². The van der Waals surface area contributed by atoms with E-state index in [1.54, 1.807) is 5.48 Å². The van der Waals surface area contributed by atoms with E-state index in [2.05, 4.69) is 17.0 Å². The Bertz CT molecular complexity index is 876. The molecule has 10 nitrogen and oxygen atoms in total. The van der Waals surface area contributed by atoms with Crippen LogP contribution in [0.3, 0.4) is 0 Å². The van der Waals surface area contributed by atoms with Gasteiger partial charge in [-0.3, -0.25) is 19.7 Å². The number of hydrogen-bond acceptors (Lipinski definition) is 6. The molecule has 10 heteroatoms. The number of benzene rings is 1. The number of anilines is 1. The third-order valence-electron chi connectivity index (χ3n) is 7.74. The molecule has 3 aliphatic heterocycles. The van der Waals surface area contributed by atoms with Crippen molar-refractivity contribution in [3.63, 3.8) is 0 Å². The van der Waals surface area contributed by atoms with Crippen molar-refractivity contribution in [2.75, 3.05) is 57.8 Å². The van der Waals surface area contributed by atoms with Crippen molar-refractivity contribution in [1.82, 2.24) is 20.2 Å². The number of nitrogens with one attached hydrogen (secondary N) is 1. The first-order chi connectivity index (χ1) is 16.4. The first-order valence-corrected chi connectivity index (χ1v) is 12.1. The molecule has 3 aliphatic rings. The monoisotopic (exact) mass is 473 g/mol. The van der Waals surface area contributed by atoms with Gasteiger partial charge in [0, 0.05) is 51.5 Å². The minimum atomic E-state index is -0.916. The van der Waals surface area contributed by atoms with E-state index >= 15 is 0 Å². The summed E-state index contributed by atoms with van der Waals surface area (Å²) in [5, 5.41) is 18.8. The predicted octanol–water partition coefficient (Wildman–Crippen LogP) is 1.17. The number of para-hydroxylation sites is 1. The Balaban J connectivity index is 1.43. The number of piperazine rings is 1. The van der Waals surface area contributed by atoms with E-state index in [1.807, 2.05) is 35.0 Å². The molecule has 3 N–H and O–H groups in total. The molecular formula is C24H35N5O5. The molecule has 0 spiro atoms. The number of hydrogen-bond donors (Lipinski definition) is 3. The second-order valence-corrected chi connectivity index (χ2v) is 9.74. The summed E-state index contributed by atoms with van der Waals surface area (Å²) in [4.78, 5) is 45.2. The fourth-order valence-corrected chi connectivity index (χ4v) is 5.94. The van der Waals surface area contributed by atoms with Gasteiger partial charge in [-0.05, 0) is 50.3 Å². The maximum atomic E-state index is 13.6.